The molecule has 15 heavy (non-hydrogen) atoms. The number of hydrogen-bond donors (Lipinski definition) is 3. The molecule has 0 aromatic carbocycles. The topological polar surface area (TPSA) is 70.6 Å². The number of hydrogen-bond acceptors (Lipinski definition) is 3. The van der Waals surface area contributed by atoms with Crippen LogP contribution in [0.2, 0.25) is 0 Å². The zero-order valence-electron chi connectivity index (χ0n) is 9.16. The van der Waals surface area contributed by atoms with Crippen LogP contribution < -0.4 is 10.6 Å². The second kappa shape index (κ2) is 6.63. The molecule has 88 valence electrons. The zero-order chi connectivity index (χ0) is 11.1. The average Bonchev–Trinajstić information content (AvgIpc) is 2.69. The summed E-state index contributed by atoms with van der Waals surface area (Å²) in [5.41, 5.74) is 0. The van der Waals surface area contributed by atoms with Crippen molar-refractivity contribution in [1.82, 2.24) is 10.6 Å². The van der Waals surface area contributed by atoms with E-state index in [1.807, 2.05) is 6.92 Å². The molecule has 5 heteroatoms. The van der Waals surface area contributed by atoms with Gasteiger partial charge in [-0.05, 0) is 19.3 Å². The molecular weight excluding hydrogens is 196 g/mol. The molecule has 5 nitrogen and oxygen atoms in total. The molecule has 2 unspecified atom stereocenters. The maximum Gasteiger partial charge on any atom is 0.315 e. The number of carbonyl (C=O) groups is 1. The molecule has 0 saturated carbocycles. The number of nitrogens with one attached hydrogen (secondary N) is 2. The lowest BCUT2D eigenvalue weighted by Gasteiger charge is -2.18. The van der Waals surface area contributed by atoms with E-state index in [2.05, 4.69) is 10.6 Å². The van der Waals surface area contributed by atoms with Crippen molar-refractivity contribution in [3.63, 3.8) is 0 Å². The summed E-state index contributed by atoms with van der Waals surface area (Å²) in [5.74, 6) is 0. The lowest BCUT2D eigenvalue weighted by atomic mass is 10.1. The summed E-state index contributed by atoms with van der Waals surface area (Å²) in [7, 11) is 0. The SMILES string of the molecule is CCC(CCO)NC(=O)NC1CCOC1. The van der Waals surface area contributed by atoms with Gasteiger partial charge in [0.15, 0.2) is 0 Å². The Morgan fingerprint density at radius 2 is 2.47 bits per heavy atom. The van der Waals surface area contributed by atoms with Crippen LogP contribution >= 0.6 is 0 Å². The second-order valence-electron chi connectivity index (χ2n) is 3.80. The molecule has 0 aromatic rings. The Bertz CT molecular complexity index is 193. The maximum absolute atomic E-state index is 11.5. The lowest BCUT2D eigenvalue weighted by molar-refractivity contribution is 0.187. The molecule has 0 bridgehead atoms. The Kier molecular flexibility index (Phi) is 5.42. The molecule has 2 amide bonds. The van der Waals surface area contributed by atoms with Crippen LogP contribution in [0.4, 0.5) is 4.79 Å². The van der Waals surface area contributed by atoms with E-state index in [1.54, 1.807) is 0 Å². The number of ether oxygens (including phenoxy) is 1. The number of amides is 2. The number of aliphatic hydroxyl groups excluding tert-OH is 1. The van der Waals surface area contributed by atoms with E-state index in [1.165, 1.54) is 0 Å². The van der Waals surface area contributed by atoms with Crippen LogP contribution in [0.3, 0.4) is 0 Å². The van der Waals surface area contributed by atoms with Crippen molar-refractivity contribution in [2.24, 2.45) is 0 Å². The van der Waals surface area contributed by atoms with Crippen LogP contribution in [-0.4, -0.2) is 43.0 Å². The predicted octanol–water partition coefficient (Wildman–Crippen LogP) is 0.235. The minimum atomic E-state index is -0.161. The highest BCUT2D eigenvalue weighted by molar-refractivity contribution is 5.74. The maximum atomic E-state index is 11.5. The van der Waals surface area contributed by atoms with Gasteiger partial charge in [-0.15, -0.1) is 0 Å². The summed E-state index contributed by atoms with van der Waals surface area (Å²) in [6, 6.07) is 0.0276. The van der Waals surface area contributed by atoms with Crippen LogP contribution in [-0.2, 0) is 4.74 Å². The van der Waals surface area contributed by atoms with Crippen LogP contribution in [0.15, 0.2) is 0 Å². The molecule has 1 heterocycles. The molecule has 0 spiro atoms. The van der Waals surface area contributed by atoms with E-state index in [0.717, 1.165) is 19.4 Å². The number of aliphatic hydroxyl groups is 1. The standard InChI is InChI=1S/C10H20N2O3/c1-2-8(3-5-13)11-10(14)12-9-4-6-15-7-9/h8-9,13H,2-7H2,1H3,(H2,11,12,14). The van der Waals surface area contributed by atoms with E-state index in [0.29, 0.717) is 13.0 Å². The van der Waals surface area contributed by atoms with Gasteiger partial charge in [-0.2, -0.15) is 0 Å². The highest BCUT2D eigenvalue weighted by atomic mass is 16.5. The van der Waals surface area contributed by atoms with Gasteiger partial charge in [0.05, 0.1) is 12.6 Å². The molecule has 1 aliphatic heterocycles. The molecule has 1 aliphatic rings. The van der Waals surface area contributed by atoms with Gasteiger partial charge in [-0.1, -0.05) is 6.92 Å². The summed E-state index contributed by atoms with van der Waals surface area (Å²) in [5, 5.41) is 14.4. The quantitative estimate of drug-likeness (QED) is 0.616. The molecule has 1 fully saturated rings. The molecule has 0 aromatic heterocycles. The van der Waals surface area contributed by atoms with Crippen LogP contribution in [0.5, 0.6) is 0 Å². The first-order valence-corrected chi connectivity index (χ1v) is 5.52. The molecule has 1 rings (SSSR count). The van der Waals surface area contributed by atoms with Crippen molar-refractivity contribution in [2.45, 2.75) is 38.3 Å². The first kappa shape index (κ1) is 12.3. The largest absolute Gasteiger partial charge is 0.396 e. The normalized spacial score (nSPS) is 22.4. The third-order valence-corrected chi connectivity index (χ3v) is 2.57. The van der Waals surface area contributed by atoms with Crippen molar-refractivity contribution in [2.75, 3.05) is 19.8 Å². The summed E-state index contributed by atoms with van der Waals surface area (Å²) < 4.78 is 5.15. The molecule has 3 N–H and O–H groups in total. The Hall–Kier alpha value is -0.810. The van der Waals surface area contributed by atoms with Gasteiger partial charge in [0.1, 0.15) is 0 Å². The fourth-order valence-corrected chi connectivity index (χ4v) is 1.60. The molecule has 0 radical (unpaired) electrons. The highest BCUT2D eigenvalue weighted by Gasteiger charge is 2.18. The van der Waals surface area contributed by atoms with Crippen molar-refractivity contribution in [3.05, 3.63) is 0 Å². The van der Waals surface area contributed by atoms with Gasteiger partial charge in [-0.3, -0.25) is 0 Å². The van der Waals surface area contributed by atoms with Crippen molar-refractivity contribution >= 4 is 6.03 Å². The monoisotopic (exact) mass is 216 g/mol. The van der Waals surface area contributed by atoms with E-state index in [9.17, 15) is 4.79 Å². The Morgan fingerprint density at radius 1 is 1.67 bits per heavy atom. The summed E-state index contributed by atoms with van der Waals surface area (Å²) in [4.78, 5) is 11.5. The second-order valence-corrected chi connectivity index (χ2v) is 3.80. The van der Waals surface area contributed by atoms with Gasteiger partial charge < -0.3 is 20.5 Å². The minimum Gasteiger partial charge on any atom is -0.396 e. The molecule has 2 atom stereocenters. The molecular formula is C10H20N2O3. The van der Waals surface area contributed by atoms with Crippen molar-refractivity contribution < 1.29 is 14.6 Å². The van der Waals surface area contributed by atoms with E-state index >= 15 is 0 Å². The molecule has 0 aliphatic carbocycles. The number of urea groups is 1. The van der Waals surface area contributed by atoms with Crippen molar-refractivity contribution in [3.8, 4) is 0 Å². The number of rotatable bonds is 5. The fourth-order valence-electron chi connectivity index (χ4n) is 1.60. The van der Waals surface area contributed by atoms with Crippen molar-refractivity contribution in [1.29, 1.82) is 0 Å². The van der Waals surface area contributed by atoms with E-state index < -0.39 is 0 Å². The zero-order valence-corrected chi connectivity index (χ0v) is 9.16. The van der Waals surface area contributed by atoms with Gasteiger partial charge in [0.25, 0.3) is 0 Å². The van der Waals surface area contributed by atoms with Gasteiger partial charge >= 0.3 is 6.03 Å². The van der Waals surface area contributed by atoms with Crippen LogP contribution in [0, 0.1) is 0 Å². The highest BCUT2D eigenvalue weighted by Crippen LogP contribution is 2.03. The summed E-state index contributed by atoms with van der Waals surface area (Å²) in [6.45, 7) is 3.41. The minimum absolute atomic E-state index is 0.0531. The smallest absolute Gasteiger partial charge is 0.315 e. The van der Waals surface area contributed by atoms with Crippen LogP contribution in [0.1, 0.15) is 26.2 Å². The first-order valence-electron chi connectivity index (χ1n) is 5.52. The Balaban J connectivity index is 2.20. The molecule has 1 saturated heterocycles. The lowest BCUT2D eigenvalue weighted by Crippen LogP contribution is -2.46. The third kappa shape index (κ3) is 4.48. The third-order valence-electron chi connectivity index (χ3n) is 2.57. The van der Waals surface area contributed by atoms with E-state index in [4.69, 9.17) is 9.84 Å². The van der Waals surface area contributed by atoms with Gasteiger partial charge in [0, 0.05) is 19.3 Å². The summed E-state index contributed by atoms with van der Waals surface area (Å²) >= 11 is 0. The predicted molar refractivity (Wildman–Crippen MR) is 56.7 cm³/mol. The Labute approximate surface area is 90.2 Å². The van der Waals surface area contributed by atoms with Gasteiger partial charge in [-0.25, -0.2) is 4.79 Å². The fraction of sp³-hybridized carbons (Fsp3) is 0.900. The Morgan fingerprint density at radius 3 is 3.00 bits per heavy atom. The average molecular weight is 216 g/mol. The van der Waals surface area contributed by atoms with Gasteiger partial charge in [0.2, 0.25) is 0 Å². The van der Waals surface area contributed by atoms with E-state index in [-0.39, 0.29) is 24.7 Å². The first-order chi connectivity index (χ1) is 7.26. The summed E-state index contributed by atoms with van der Waals surface area (Å²) in [6.07, 6.45) is 2.31. The van der Waals surface area contributed by atoms with Crippen LogP contribution in [0.25, 0.3) is 0 Å². The number of carbonyl (C=O) groups excluding carboxylic acids is 1.